The third-order valence-electron chi connectivity index (χ3n) is 0.944. The van der Waals surface area contributed by atoms with Crippen molar-refractivity contribution in [2.24, 2.45) is 5.41 Å². The van der Waals surface area contributed by atoms with Crippen molar-refractivity contribution in [1.82, 2.24) is 0 Å². The summed E-state index contributed by atoms with van der Waals surface area (Å²) in [5.74, 6) is -1.20. The fourth-order valence-corrected chi connectivity index (χ4v) is 0.678. The normalized spacial score (nSPS) is 12.3. The average molecular weight is 225 g/mol. The highest BCUT2D eigenvalue weighted by atomic mass is 32.2. The maximum absolute atomic E-state index is 10.7. The molecule has 0 spiro atoms. The van der Waals surface area contributed by atoms with Crippen molar-refractivity contribution in [2.75, 3.05) is 12.5 Å². The number of carbonyl (C=O) groups is 1. The summed E-state index contributed by atoms with van der Waals surface area (Å²) in [5, 5.41) is 0. The summed E-state index contributed by atoms with van der Waals surface area (Å²) >= 11 is 0. The molecule has 0 aromatic heterocycles. The van der Waals surface area contributed by atoms with Gasteiger partial charge in [0.1, 0.15) is 10.1 Å². The molecule has 0 aromatic rings. The fourth-order valence-electron chi connectivity index (χ4n) is 0.437. The van der Waals surface area contributed by atoms with Gasteiger partial charge in [-0.3, -0.25) is 0 Å². The van der Waals surface area contributed by atoms with Crippen LogP contribution in [-0.2, 0) is 19.6 Å². The van der Waals surface area contributed by atoms with Crippen molar-refractivity contribution in [3.63, 3.8) is 0 Å². The Morgan fingerprint density at radius 1 is 1.29 bits per heavy atom. The van der Waals surface area contributed by atoms with E-state index >= 15 is 0 Å². The van der Waals surface area contributed by atoms with Crippen LogP contribution in [0.3, 0.4) is 0 Å². The first kappa shape index (κ1) is 13.2. The first-order valence-electron chi connectivity index (χ1n) is 3.83. The summed E-state index contributed by atoms with van der Waals surface area (Å²) in [6.45, 7) is 5.56. The zero-order valence-electron chi connectivity index (χ0n) is 8.27. The van der Waals surface area contributed by atoms with Crippen molar-refractivity contribution in [3.05, 3.63) is 0 Å². The largest absolute Gasteiger partial charge is 0.745 e. The van der Waals surface area contributed by atoms with Crippen molar-refractivity contribution in [1.29, 1.82) is 0 Å². The van der Waals surface area contributed by atoms with Crippen LogP contribution in [0.2, 0.25) is 0 Å². The summed E-state index contributed by atoms with van der Waals surface area (Å²) in [6, 6.07) is 0. The second-order valence-corrected chi connectivity index (χ2v) is 5.27. The Morgan fingerprint density at radius 2 is 1.79 bits per heavy atom. The predicted octanol–water partition coefficient (Wildman–Crippen LogP) is 0.688. The molecular weight excluding hydrogens is 212 g/mol. The van der Waals surface area contributed by atoms with Gasteiger partial charge in [-0.25, -0.2) is 13.2 Å². The molecule has 0 aliphatic rings. The molecule has 0 atom stereocenters. The Balaban J connectivity index is 3.79. The molecule has 84 valence electrons. The van der Waals surface area contributed by atoms with Crippen LogP contribution in [0.15, 0.2) is 0 Å². The summed E-state index contributed by atoms with van der Waals surface area (Å²) in [7, 11) is -4.55. The predicted molar refractivity (Wildman–Crippen MR) is 46.5 cm³/mol. The maximum atomic E-state index is 10.7. The van der Waals surface area contributed by atoms with Gasteiger partial charge in [0.15, 0.2) is 5.94 Å². The second-order valence-electron chi connectivity index (χ2n) is 3.92. The van der Waals surface area contributed by atoms with Gasteiger partial charge in [0.25, 0.3) is 0 Å². The van der Waals surface area contributed by atoms with Crippen LogP contribution in [0, 0.1) is 5.41 Å². The SMILES string of the molecule is CC(C)(C)COC(=O)OCS(=O)(=O)[O-]. The van der Waals surface area contributed by atoms with E-state index in [9.17, 15) is 17.8 Å². The number of ether oxygens (including phenoxy) is 2. The molecule has 0 rings (SSSR count). The highest BCUT2D eigenvalue weighted by Gasteiger charge is 2.14. The Morgan fingerprint density at radius 3 is 2.14 bits per heavy atom. The van der Waals surface area contributed by atoms with Crippen LogP contribution in [0.5, 0.6) is 0 Å². The zero-order chi connectivity index (χ0) is 11.4. The summed E-state index contributed by atoms with van der Waals surface area (Å²) in [6.07, 6.45) is -1.15. The lowest BCUT2D eigenvalue weighted by atomic mass is 9.99. The third kappa shape index (κ3) is 9.27. The molecule has 0 radical (unpaired) electrons. The van der Waals surface area contributed by atoms with E-state index in [0.717, 1.165) is 0 Å². The van der Waals surface area contributed by atoms with Crippen LogP contribution in [0.4, 0.5) is 4.79 Å². The number of hydrogen-bond acceptors (Lipinski definition) is 6. The van der Waals surface area contributed by atoms with E-state index in [-0.39, 0.29) is 12.0 Å². The second kappa shape index (κ2) is 4.61. The van der Waals surface area contributed by atoms with E-state index in [2.05, 4.69) is 9.47 Å². The van der Waals surface area contributed by atoms with Gasteiger partial charge >= 0.3 is 6.16 Å². The van der Waals surface area contributed by atoms with Gasteiger partial charge < -0.3 is 14.0 Å². The van der Waals surface area contributed by atoms with Crippen molar-refractivity contribution in [3.8, 4) is 0 Å². The van der Waals surface area contributed by atoms with Crippen LogP contribution in [-0.4, -0.2) is 31.7 Å². The topological polar surface area (TPSA) is 92.7 Å². The lowest BCUT2D eigenvalue weighted by molar-refractivity contribution is 0.0419. The molecule has 0 aromatic carbocycles. The molecule has 0 aliphatic carbocycles. The minimum atomic E-state index is -4.55. The number of rotatable bonds is 3. The van der Waals surface area contributed by atoms with Gasteiger partial charge in [0.2, 0.25) is 0 Å². The lowest BCUT2D eigenvalue weighted by Crippen LogP contribution is -2.21. The molecule has 0 bridgehead atoms. The smallest absolute Gasteiger partial charge is 0.509 e. The summed E-state index contributed by atoms with van der Waals surface area (Å²) < 4.78 is 38.7. The van der Waals surface area contributed by atoms with Crippen molar-refractivity contribution in [2.45, 2.75) is 20.8 Å². The van der Waals surface area contributed by atoms with Gasteiger partial charge in [0, 0.05) is 0 Å². The van der Waals surface area contributed by atoms with Crippen molar-refractivity contribution < 1.29 is 27.2 Å². The molecule has 0 unspecified atom stereocenters. The van der Waals surface area contributed by atoms with Gasteiger partial charge in [-0.05, 0) is 5.41 Å². The first-order chi connectivity index (χ1) is 6.10. The number of hydrogen-bond donors (Lipinski definition) is 0. The molecule has 0 saturated heterocycles. The van der Waals surface area contributed by atoms with E-state index in [0.29, 0.717) is 0 Å². The van der Waals surface area contributed by atoms with Crippen LogP contribution in [0.25, 0.3) is 0 Å². The van der Waals surface area contributed by atoms with Crippen LogP contribution >= 0.6 is 0 Å². The fraction of sp³-hybridized carbons (Fsp3) is 0.857. The maximum Gasteiger partial charge on any atom is 0.509 e. The van der Waals surface area contributed by atoms with Gasteiger partial charge in [0.05, 0.1) is 6.61 Å². The quantitative estimate of drug-likeness (QED) is 0.518. The monoisotopic (exact) mass is 225 g/mol. The zero-order valence-corrected chi connectivity index (χ0v) is 9.09. The lowest BCUT2D eigenvalue weighted by Gasteiger charge is -2.17. The highest BCUT2D eigenvalue weighted by molar-refractivity contribution is 7.85. The van der Waals surface area contributed by atoms with E-state index < -0.39 is 22.2 Å². The molecule has 0 heterocycles. The Kier molecular flexibility index (Phi) is 4.34. The Labute approximate surface area is 82.9 Å². The molecule has 0 saturated carbocycles. The summed E-state index contributed by atoms with van der Waals surface area (Å²) in [5.41, 5.74) is -0.241. The standard InChI is InChI=1S/C7H14O6S/c1-7(2,3)4-12-6(8)13-5-14(9,10)11/h4-5H2,1-3H3,(H,9,10,11)/p-1. The van der Waals surface area contributed by atoms with Gasteiger partial charge in [-0.2, -0.15) is 0 Å². The first-order valence-corrected chi connectivity index (χ1v) is 5.41. The van der Waals surface area contributed by atoms with E-state index in [1.807, 2.05) is 20.8 Å². The van der Waals surface area contributed by atoms with E-state index in [4.69, 9.17) is 0 Å². The number of carbonyl (C=O) groups excluding carboxylic acids is 1. The van der Waals surface area contributed by atoms with Gasteiger partial charge in [-0.15, -0.1) is 0 Å². The minimum absolute atomic E-state index is 0.0880. The van der Waals surface area contributed by atoms with Crippen molar-refractivity contribution >= 4 is 16.3 Å². The highest BCUT2D eigenvalue weighted by Crippen LogP contribution is 2.13. The van der Waals surface area contributed by atoms with E-state index in [1.165, 1.54) is 0 Å². The average Bonchev–Trinajstić information content (AvgIpc) is 1.94. The Bertz CT molecular complexity index is 286. The minimum Gasteiger partial charge on any atom is -0.745 e. The molecule has 14 heavy (non-hydrogen) atoms. The van der Waals surface area contributed by atoms with Crippen LogP contribution < -0.4 is 0 Å². The van der Waals surface area contributed by atoms with Crippen LogP contribution in [0.1, 0.15) is 20.8 Å². The molecule has 0 N–H and O–H groups in total. The van der Waals surface area contributed by atoms with E-state index in [1.54, 1.807) is 0 Å². The molecule has 6 nitrogen and oxygen atoms in total. The Hall–Kier alpha value is -0.820. The van der Waals surface area contributed by atoms with Gasteiger partial charge in [-0.1, -0.05) is 20.8 Å². The molecular formula is C7H13O6S-. The molecule has 0 aliphatic heterocycles. The third-order valence-corrected chi connectivity index (χ3v) is 1.35. The molecule has 0 amide bonds. The molecule has 0 fully saturated rings. The molecule has 7 heteroatoms. The summed E-state index contributed by atoms with van der Waals surface area (Å²) in [4.78, 5) is 10.7.